The molecule has 3 heterocycles. The lowest BCUT2D eigenvalue weighted by Crippen LogP contribution is -2.51. The fourth-order valence-corrected chi connectivity index (χ4v) is 7.42. The van der Waals surface area contributed by atoms with Gasteiger partial charge in [-0.15, -0.1) is 11.8 Å². The van der Waals surface area contributed by atoms with Crippen molar-refractivity contribution in [2.45, 2.75) is 26.0 Å². The number of allylic oxidation sites excluding steroid dienone is 2. The third kappa shape index (κ3) is 3.98. The van der Waals surface area contributed by atoms with Gasteiger partial charge in [0.25, 0.3) is 0 Å². The number of benzene rings is 3. The van der Waals surface area contributed by atoms with Crippen molar-refractivity contribution in [1.82, 2.24) is 9.80 Å². The summed E-state index contributed by atoms with van der Waals surface area (Å²) in [7, 11) is 0. The minimum Gasteiger partial charge on any atom is -0.353 e. The summed E-state index contributed by atoms with van der Waals surface area (Å²) < 4.78 is 0. The number of hydrogen-bond acceptors (Lipinski definition) is 6. The number of thioether (sulfide) groups is 1. The summed E-state index contributed by atoms with van der Waals surface area (Å²) in [6.45, 7) is 3.67. The lowest BCUT2D eigenvalue weighted by Gasteiger charge is -2.38. The first-order valence-electron chi connectivity index (χ1n) is 12.5. The maximum absolute atomic E-state index is 5.31. The van der Waals surface area contributed by atoms with Gasteiger partial charge >= 0.3 is 0 Å². The molecule has 0 spiro atoms. The molecule has 1 fully saturated rings. The van der Waals surface area contributed by atoms with Gasteiger partial charge in [0.1, 0.15) is 11.7 Å². The molecule has 0 amide bonds. The predicted molar refractivity (Wildman–Crippen MR) is 151 cm³/mol. The Labute approximate surface area is 220 Å². The zero-order valence-corrected chi connectivity index (χ0v) is 21.5. The van der Waals surface area contributed by atoms with Gasteiger partial charge in [-0.3, -0.25) is 4.99 Å². The normalized spacial score (nSPS) is 22.3. The first-order chi connectivity index (χ1) is 17.8. The highest BCUT2D eigenvalue weighted by molar-refractivity contribution is 8.00. The van der Waals surface area contributed by atoms with Crippen LogP contribution in [0.4, 0.5) is 5.69 Å². The molecule has 7 rings (SSSR count). The topological polar surface area (TPSA) is 31.2 Å². The van der Waals surface area contributed by atoms with Crippen molar-refractivity contribution in [2.24, 2.45) is 9.98 Å². The van der Waals surface area contributed by atoms with Crippen LogP contribution in [0.1, 0.15) is 11.1 Å². The fraction of sp³-hybridized carbons (Fsp3) is 0.200. The number of rotatable bonds is 0. The molecule has 0 aromatic heterocycles. The van der Waals surface area contributed by atoms with Crippen LogP contribution >= 0.6 is 23.5 Å². The second-order valence-corrected chi connectivity index (χ2v) is 11.6. The van der Waals surface area contributed by atoms with E-state index in [1.807, 2.05) is 23.5 Å². The largest absolute Gasteiger partial charge is 0.353 e. The highest BCUT2D eigenvalue weighted by Crippen LogP contribution is 2.41. The molecular formula is C30H26N4S2. The van der Waals surface area contributed by atoms with Gasteiger partial charge in [-0.2, -0.15) is 0 Å². The van der Waals surface area contributed by atoms with Crippen molar-refractivity contribution in [3.05, 3.63) is 108 Å². The summed E-state index contributed by atoms with van der Waals surface area (Å²) in [5.41, 5.74) is 3.54. The average molecular weight is 507 g/mol. The van der Waals surface area contributed by atoms with E-state index in [1.54, 1.807) is 0 Å². The average Bonchev–Trinajstić information content (AvgIpc) is 3.21. The smallest absolute Gasteiger partial charge is 0.137 e. The molecule has 3 aromatic rings. The van der Waals surface area contributed by atoms with Crippen molar-refractivity contribution in [1.29, 1.82) is 0 Å². The highest BCUT2D eigenvalue weighted by Gasteiger charge is 2.31. The SMILES string of the molecule is C1=CC2N=C(N3CCN(C4=Nc5ccccc5Sc5ccccc54)CC3)c3ccccc3SC2C=C1. The Morgan fingerprint density at radius 1 is 0.639 bits per heavy atom. The van der Waals surface area contributed by atoms with E-state index in [1.165, 1.54) is 25.8 Å². The quantitative estimate of drug-likeness (QED) is 0.360. The molecule has 4 aliphatic rings. The van der Waals surface area contributed by atoms with E-state index in [4.69, 9.17) is 9.98 Å². The van der Waals surface area contributed by atoms with Gasteiger partial charge in [-0.25, -0.2) is 4.99 Å². The van der Waals surface area contributed by atoms with Crippen LogP contribution in [0.3, 0.4) is 0 Å². The molecule has 178 valence electrons. The van der Waals surface area contributed by atoms with E-state index in [0.29, 0.717) is 5.25 Å². The Kier molecular flexibility index (Phi) is 5.71. The van der Waals surface area contributed by atoms with E-state index < -0.39 is 0 Å². The van der Waals surface area contributed by atoms with Crippen LogP contribution in [0.15, 0.2) is 122 Å². The zero-order chi connectivity index (χ0) is 23.9. The number of fused-ring (bicyclic) bond motifs is 4. The molecule has 36 heavy (non-hydrogen) atoms. The van der Waals surface area contributed by atoms with Crippen LogP contribution in [0.25, 0.3) is 0 Å². The van der Waals surface area contributed by atoms with Gasteiger partial charge in [0.15, 0.2) is 0 Å². The molecule has 1 aliphatic carbocycles. The standard InChI is InChI=1S/C30H26N4S2/c1-5-13-25-21(9-1)29(31-23-11-3-7-15-27(23)35-25)33-17-19-34(20-18-33)30-22-10-2-6-14-26(22)36-28-16-8-4-12-24(28)32-30/h1-16,23,27H,17-20H2. The second-order valence-electron chi connectivity index (χ2n) is 9.27. The summed E-state index contributed by atoms with van der Waals surface area (Å²) >= 11 is 3.74. The molecule has 2 unspecified atom stereocenters. The lowest BCUT2D eigenvalue weighted by atomic mass is 10.1. The van der Waals surface area contributed by atoms with Crippen molar-refractivity contribution >= 4 is 40.9 Å². The van der Waals surface area contributed by atoms with Gasteiger partial charge < -0.3 is 9.80 Å². The Balaban J connectivity index is 1.20. The van der Waals surface area contributed by atoms with Crippen LogP contribution in [0, 0.1) is 0 Å². The molecule has 1 saturated heterocycles. The molecule has 0 N–H and O–H groups in total. The van der Waals surface area contributed by atoms with Gasteiger partial charge in [0, 0.05) is 52.0 Å². The van der Waals surface area contributed by atoms with Crippen molar-refractivity contribution < 1.29 is 0 Å². The third-order valence-corrected chi connectivity index (χ3v) is 9.50. The summed E-state index contributed by atoms with van der Waals surface area (Å²) in [5, 5.41) is 0.351. The summed E-state index contributed by atoms with van der Waals surface area (Å²) in [6, 6.07) is 26.1. The fourth-order valence-electron chi connectivity index (χ4n) is 5.20. The number of amidine groups is 2. The number of nitrogens with zero attached hydrogens (tertiary/aromatic N) is 4. The number of piperazine rings is 1. The zero-order valence-electron chi connectivity index (χ0n) is 19.8. The molecule has 3 aromatic carbocycles. The monoisotopic (exact) mass is 506 g/mol. The molecule has 4 nitrogen and oxygen atoms in total. The van der Waals surface area contributed by atoms with E-state index in [-0.39, 0.29) is 6.04 Å². The van der Waals surface area contributed by atoms with Crippen LogP contribution in [0.5, 0.6) is 0 Å². The molecule has 2 atom stereocenters. The summed E-state index contributed by atoms with van der Waals surface area (Å²) in [5.74, 6) is 2.22. The number of aliphatic imine (C=N–C) groups is 2. The van der Waals surface area contributed by atoms with Crippen molar-refractivity contribution in [3.63, 3.8) is 0 Å². The first-order valence-corrected chi connectivity index (χ1v) is 14.2. The Morgan fingerprint density at radius 2 is 1.25 bits per heavy atom. The van der Waals surface area contributed by atoms with Gasteiger partial charge in [0.05, 0.1) is 17.0 Å². The van der Waals surface area contributed by atoms with E-state index in [0.717, 1.165) is 43.5 Å². The second kappa shape index (κ2) is 9.34. The van der Waals surface area contributed by atoms with Crippen LogP contribution < -0.4 is 0 Å². The Bertz CT molecular complexity index is 1430. The number of hydrogen-bond donors (Lipinski definition) is 0. The summed E-state index contributed by atoms with van der Waals surface area (Å²) in [6.07, 6.45) is 8.81. The summed E-state index contributed by atoms with van der Waals surface area (Å²) in [4.78, 5) is 19.3. The minimum absolute atomic E-state index is 0.173. The van der Waals surface area contributed by atoms with E-state index in [9.17, 15) is 0 Å². The van der Waals surface area contributed by atoms with Gasteiger partial charge in [-0.1, -0.05) is 84.6 Å². The van der Waals surface area contributed by atoms with Crippen LogP contribution in [0.2, 0.25) is 0 Å². The molecule has 0 bridgehead atoms. The molecule has 3 aliphatic heterocycles. The minimum atomic E-state index is 0.173. The molecular weight excluding hydrogens is 480 g/mol. The van der Waals surface area contributed by atoms with E-state index in [2.05, 4.69) is 107 Å². The van der Waals surface area contributed by atoms with Gasteiger partial charge in [-0.05, 0) is 24.3 Å². The van der Waals surface area contributed by atoms with Crippen LogP contribution in [-0.4, -0.2) is 58.9 Å². The maximum atomic E-state index is 5.31. The third-order valence-electron chi connectivity index (χ3n) is 7.04. The van der Waals surface area contributed by atoms with Crippen LogP contribution in [-0.2, 0) is 0 Å². The first kappa shape index (κ1) is 22.0. The van der Waals surface area contributed by atoms with Gasteiger partial charge in [0.2, 0.25) is 0 Å². The lowest BCUT2D eigenvalue weighted by molar-refractivity contribution is 0.258. The maximum Gasteiger partial charge on any atom is 0.137 e. The Hall–Kier alpha value is -3.22. The molecule has 6 heteroatoms. The molecule has 0 radical (unpaired) electrons. The number of para-hydroxylation sites is 1. The predicted octanol–water partition coefficient (Wildman–Crippen LogP) is 6.26. The molecule has 0 saturated carbocycles. The van der Waals surface area contributed by atoms with Crippen molar-refractivity contribution in [3.8, 4) is 0 Å². The Morgan fingerprint density at radius 3 is 2.06 bits per heavy atom. The van der Waals surface area contributed by atoms with Crippen molar-refractivity contribution in [2.75, 3.05) is 26.2 Å². The highest BCUT2D eigenvalue weighted by atomic mass is 32.2. The van der Waals surface area contributed by atoms with E-state index >= 15 is 0 Å².